The van der Waals surface area contributed by atoms with Crippen molar-refractivity contribution in [2.24, 2.45) is 5.73 Å². The largest absolute Gasteiger partial charge is 0.353 e. The number of nitrogens with two attached hydrogens (primary N) is 1. The van der Waals surface area contributed by atoms with Crippen LogP contribution in [0.2, 0.25) is 0 Å². The first-order valence-electron chi connectivity index (χ1n) is 6.50. The lowest BCUT2D eigenvalue weighted by Crippen LogP contribution is -2.51. The van der Waals surface area contributed by atoms with Gasteiger partial charge in [-0.15, -0.1) is 0 Å². The lowest BCUT2D eigenvalue weighted by molar-refractivity contribution is -0.130. The maximum atomic E-state index is 11.3. The van der Waals surface area contributed by atoms with Crippen molar-refractivity contribution in [1.82, 2.24) is 5.32 Å². The van der Waals surface area contributed by atoms with Gasteiger partial charge in [0.05, 0.1) is 13.1 Å². The Balaban J connectivity index is 1.71. The zero-order chi connectivity index (χ0) is 13.5. The molecule has 2 aliphatic rings. The van der Waals surface area contributed by atoms with Crippen molar-refractivity contribution >= 4 is 17.5 Å². The Morgan fingerprint density at radius 1 is 1.11 bits per heavy atom. The van der Waals surface area contributed by atoms with Crippen molar-refractivity contribution < 1.29 is 9.59 Å². The van der Waals surface area contributed by atoms with Crippen molar-refractivity contribution in [2.45, 2.75) is 24.8 Å². The third kappa shape index (κ3) is 2.76. The summed E-state index contributed by atoms with van der Waals surface area (Å²) in [6.07, 6.45) is 3.08. The maximum Gasteiger partial charge on any atom is 0.246 e. The van der Waals surface area contributed by atoms with Gasteiger partial charge in [0.2, 0.25) is 11.8 Å². The highest BCUT2D eigenvalue weighted by Gasteiger charge is 2.37. The van der Waals surface area contributed by atoms with Gasteiger partial charge in [-0.05, 0) is 37.0 Å². The molecule has 1 saturated carbocycles. The van der Waals surface area contributed by atoms with E-state index in [2.05, 4.69) is 5.32 Å². The second-order valence-electron chi connectivity index (χ2n) is 5.53. The fourth-order valence-electron chi connectivity index (χ4n) is 2.39. The number of carbonyl (C=O) groups excluding carboxylic acids is 2. The highest BCUT2D eigenvalue weighted by Crippen LogP contribution is 2.35. The number of carbonyl (C=O) groups is 2. The van der Waals surface area contributed by atoms with E-state index in [0.717, 1.165) is 24.9 Å². The van der Waals surface area contributed by atoms with E-state index in [4.69, 9.17) is 5.73 Å². The first-order valence-corrected chi connectivity index (χ1v) is 6.50. The number of benzene rings is 1. The summed E-state index contributed by atoms with van der Waals surface area (Å²) < 4.78 is 0. The normalized spacial score (nSPS) is 21.2. The van der Waals surface area contributed by atoms with E-state index in [1.165, 1.54) is 5.56 Å². The quantitative estimate of drug-likeness (QED) is 0.759. The van der Waals surface area contributed by atoms with Gasteiger partial charge in [-0.25, -0.2) is 0 Å². The molecular weight excluding hydrogens is 242 g/mol. The number of rotatable bonds is 3. The second-order valence-corrected chi connectivity index (χ2v) is 5.53. The fraction of sp³-hybridized carbons (Fsp3) is 0.429. The van der Waals surface area contributed by atoms with Crippen LogP contribution >= 0.6 is 0 Å². The van der Waals surface area contributed by atoms with Crippen LogP contribution in [0.1, 0.15) is 18.4 Å². The third-order valence-corrected chi connectivity index (χ3v) is 3.70. The van der Waals surface area contributed by atoms with Crippen molar-refractivity contribution in [3.8, 4) is 0 Å². The number of anilines is 1. The Bertz CT molecular complexity index is 504. The molecule has 5 nitrogen and oxygen atoms in total. The third-order valence-electron chi connectivity index (χ3n) is 3.70. The van der Waals surface area contributed by atoms with Gasteiger partial charge in [-0.3, -0.25) is 14.9 Å². The number of hydrogen-bond acceptors (Lipinski definition) is 4. The van der Waals surface area contributed by atoms with Crippen molar-refractivity contribution in [3.63, 3.8) is 0 Å². The number of hydrogen-bond donors (Lipinski definition) is 2. The topological polar surface area (TPSA) is 75.4 Å². The highest BCUT2D eigenvalue weighted by atomic mass is 16.2. The minimum Gasteiger partial charge on any atom is -0.353 e. The first-order chi connectivity index (χ1) is 9.04. The van der Waals surface area contributed by atoms with E-state index >= 15 is 0 Å². The zero-order valence-corrected chi connectivity index (χ0v) is 10.7. The maximum absolute atomic E-state index is 11.3. The molecule has 0 spiro atoms. The summed E-state index contributed by atoms with van der Waals surface area (Å²) in [4.78, 5) is 24.4. The molecule has 19 heavy (non-hydrogen) atoms. The van der Waals surface area contributed by atoms with Gasteiger partial charge in [-0.2, -0.15) is 0 Å². The van der Waals surface area contributed by atoms with Crippen LogP contribution in [0.15, 0.2) is 24.3 Å². The molecule has 100 valence electrons. The Hall–Kier alpha value is -1.88. The summed E-state index contributed by atoms with van der Waals surface area (Å²) in [5.74, 6) is -0.501. The average molecular weight is 259 g/mol. The van der Waals surface area contributed by atoms with E-state index in [1.807, 2.05) is 24.3 Å². The van der Waals surface area contributed by atoms with Gasteiger partial charge >= 0.3 is 0 Å². The van der Waals surface area contributed by atoms with Crippen LogP contribution < -0.4 is 16.0 Å². The molecule has 3 rings (SSSR count). The average Bonchev–Trinajstić information content (AvgIpc) is 3.06. The fourth-order valence-corrected chi connectivity index (χ4v) is 2.39. The minimum atomic E-state index is -0.251. The molecule has 0 radical (unpaired) electrons. The van der Waals surface area contributed by atoms with Crippen molar-refractivity contribution in [2.75, 3.05) is 18.0 Å². The Labute approximate surface area is 111 Å². The van der Waals surface area contributed by atoms with Crippen LogP contribution in [0.4, 0.5) is 5.69 Å². The lowest BCUT2D eigenvalue weighted by atomic mass is 10.0. The van der Waals surface area contributed by atoms with E-state index in [0.29, 0.717) is 0 Å². The molecule has 1 saturated heterocycles. The summed E-state index contributed by atoms with van der Waals surface area (Å²) in [6, 6.07) is 7.96. The Morgan fingerprint density at radius 2 is 1.68 bits per heavy atom. The minimum absolute atomic E-state index is 0.00247. The molecule has 0 aromatic heterocycles. The molecule has 1 aromatic rings. The Kier molecular flexibility index (Phi) is 2.78. The van der Waals surface area contributed by atoms with E-state index < -0.39 is 0 Å². The predicted octanol–water partition coefficient (Wildman–Crippen LogP) is 0.183. The van der Waals surface area contributed by atoms with Crippen LogP contribution in [0.5, 0.6) is 0 Å². The number of amides is 2. The SMILES string of the molecule is NC1(Cc2ccc(N3CC(=O)NC(=O)C3)cc2)CC1. The summed E-state index contributed by atoms with van der Waals surface area (Å²) >= 11 is 0. The molecule has 2 amide bonds. The van der Waals surface area contributed by atoms with Crippen LogP contribution in [-0.2, 0) is 16.0 Å². The van der Waals surface area contributed by atoms with Crippen LogP contribution in [0.3, 0.4) is 0 Å². The lowest BCUT2D eigenvalue weighted by Gasteiger charge is -2.27. The number of nitrogens with zero attached hydrogens (tertiary/aromatic N) is 1. The van der Waals surface area contributed by atoms with Gasteiger partial charge in [0.15, 0.2) is 0 Å². The number of piperazine rings is 1. The van der Waals surface area contributed by atoms with Gasteiger partial charge in [0, 0.05) is 11.2 Å². The van der Waals surface area contributed by atoms with Gasteiger partial charge < -0.3 is 10.6 Å². The number of imide groups is 1. The highest BCUT2D eigenvalue weighted by molar-refractivity contribution is 6.02. The zero-order valence-electron chi connectivity index (χ0n) is 10.7. The second kappa shape index (κ2) is 4.35. The molecule has 1 aromatic carbocycles. The molecular formula is C14H17N3O2. The summed E-state index contributed by atoms with van der Waals surface area (Å²) in [5.41, 5.74) is 8.19. The smallest absolute Gasteiger partial charge is 0.246 e. The molecule has 3 N–H and O–H groups in total. The Morgan fingerprint density at radius 3 is 2.21 bits per heavy atom. The van der Waals surface area contributed by atoms with Crippen molar-refractivity contribution in [1.29, 1.82) is 0 Å². The van der Waals surface area contributed by atoms with Crippen LogP contribution in [0.25, 0.3) is 0 Å². The number of nitrogens with one attached hydrogen (secondary N) is 1. The van der Waals surface area contributed by atoms with Gasteiger partial charge in [0.1, 0.15) is 0 Å². The molecule has 0 unspecified atom stereocenters. The molecule has 2 fully saturated rings. The molecule has 0 atom stereocenters. The van der Waals surface area contributed by atoms with Gasteiger partial charge in [0.25, 0.3) is 0 Å². The molecule has 1 aliphatic carbocycles. The van der Waals surface area contributed by atoms with E-state index in [-0.39, 0.29) is 30.4 Å². The molecule has 1 aliphatic heterocycles. The van der Waals surface area contributed by atoms with Crippen molar-refractivity contribution in [3.05, 3.63) is 29.8 Å². The van der Waals surface area contributed by atoms with Crippen LogP contribution in [0, 0.1) is 0 Å². The van der Waals surface area contributed by atoms with Gasteiger partial charge in [-0.1, -0.05) is 12.1 Å². The van der Waals surface area contributed by atoms with E-state index in [1.54, 1.807) is 4.90 Å². The summed E-state index contributed by atoms with van der Waals surface area (Å²) in [5, 5.41) is 2.29. The predicted molar refractivity (Wildman–Crippen MR) is 71.7 cm³/mol. The monoisotopic (exact) mass is 259 g/mol. The van der Waals surface area contributed by atoms with E-state index in [9.17, 15) is 9.59 Å². The van der Waals surface area contributed by atoms with Crippen LogP contribution in [-0.4, -0.2) is 30.4 Å². The standard InChI is InChI=1S/C14H17N3O2/c15-14(5-6-14)7-10-1-3-11(4-2-10)17-8-12(18)16-13(19)9-17/h1-4H,5-9,15H2,(H,16,18,19). The first kappa shape index (κ1) is 12.2. The molecule has 0 bridgehead atoms. The summed E-state index contributed by atoms with van der Waals surface area (Å²) in [7, 11) is 0. The molecule has 1 heterocycles. The molecule has 5 heteroatoms. The summed E-state index contributed by atoms with van der Waals surface area (Å²) in [6.45, 7) is 0.456.